The van der Waals surface area contributed by atoms with Crippen molar-refractivity contribution in [3.8, 4) is 0 Å². The van der Waals surface area contributed by atoms with E-state index in [-0.39, 0.29) is 25.2 Å². The largest absolute Gasteiger partial charge is 0.462 e. The molecule has 1 N–H and O–H groups in total. The van der Waals surface area contributed by atoms with Crippen LogP contribution in [0.25, 0.3) is 0 Å². The third-order valence-corrected chi connectivity index (χ3v) is 6.81. The van der Waals surface area contributed by atoms with Crippen molar-refractivity contribution in [1.82, 2.24) is 0 Å². The lowest BCUT2D eigenvalue weighted by Gasteiger charge is -2.15. The molecule has 0 aromatic carbocycles. The van der Waals surface area contributed by atoms with Crippen LogP contribution in [0.4, 0.5) is 0 Å². The summed E-state index contributed by atoms with van der Waals surface area (Å²) in [5.41, 5.74) is 0. The van der Waals surface area contributed by atoms with Crippen LogP contribution in [0.5, 0.6) is 0 Å². The predicted octanol–water partition coefficient (Wildman–Crippen LogP) is 9.00. The molecule has 5 heteroatoms. The van der Waals surface area contributed by atoms with E-state index in [1.807, 2.05) is 0 Å². The highest BCUT2D eigenvalue weighted by molar-refractivity contribution is 5.70. The van der Waals surface area contributed by atoms with E-state index in [0.717, 1.165) is 44.9 Å². The van der Waals surface area contributed by atoms with Crippen LogP contribution < -0.4 is 0 Å². The van der Waals surface area contributed by atoms with E-state index in [2.05, 4.69) is 26.0 Å². The molecule has 37 heavy (non-hydrogen) atoms. The Morgan fingerprint density at radius 1 is 0.595 bits per heavy atom. The number of aliphatic hydroxyl groups excluding tert-OH is 1. The zero-order valence-corrected chi connectivity index (χ0v) is 24.5. The molecular formula is C32H60O5. The minimum absolute atomic E-state index is 0.0647. The molecule has 0 bridgehead atoms. The van der Waals surface area contributed by atoms with Gasteiger partial charge in [-0.05, 0) is 38.5 Å². The maximum absolute atomic E-state index is 12.0. The maximum atomic E-state index is 12.0. The number of allylic oxidation sites excluding steroid dienone is 2. The maximum Gasteiger partial charge on any atom is 0.306 e. The predicted molar refractivity (Wildman–Crippen MR) is 155 cm³/mol. The van der Waals surface area contributed by atoms with Crippen LogP contribution in [-0.2, 0) is 19.1 Å². The molecule has 0 aliphatic heterocycles. The number of rotatable bonds is 28. The number of unbranched alkanes of at least 4 members (excludes halogenated alkanes) is 18. The molecule has 0 fully saturated rings. The first kappa shape index (κ1) is 35.6. The lowest BCUT2D eigenvalue weighted by molar-refractivity contribution is -0.161. The summed E-state index contributed by atoms with van der Waals surface area (Å²) in [7, 11) is 0. The smallest absolute Gasteiger partial charge is 0.306 e. The summed E-state index contributed by atoms with van der Waals surface area (Å²) in [6.45, 7) is 4.08. The molecule has 0 aromatic rings. The molecule has 0 spiro atoms. The normalized spacial score (nSPS) is 12.2. The quantitative estimate of drug-likeness (QED) is 0.0628. The Hall–Kier alpha value is -1.36. The van der Waals surface area contributed by atoms with Gasteiger partial charge >= 0.3 is 11.9 Å². The summed E-state index contributed by atoms with van der Waals surface area (Å²) >= 11 is 0. The Kier molecular flexibility index (Phi) is 28.1. The third kappa shape index (κ3) is 27.5. The molecule has 218 valence electrons. The summed E-state index contributed by atoms with van der Waals surface area (Å²) in [6.07, 6.45) is 29.8. The fraction of sp³-hybridized carbons (Fsp3) is 0.875. The van der Waals surface area contributed by atoms with Crippen molar-refractivity contribution in [3.05, 3.63) is 12.2 Å². The van der Waals surface area contributed by atoms with Crippen LogP contribution in [0.15, 0.2) is 12.2 Å². The van der Waals surface area contributed by atoms with Gasteiger partial charge in [0.25, 0.3) is 0 Å². The van der Waals surface area contributed by atoms with E-state index in [0.29, 0.717) is 12.8 Å². The van der Waals surface area contributed by atoms with Gasteiger partial charge in [-0.3, -0.25) is 9.59 Å². The van der Waals surface area contributed by atoms with Crippen molar-refractivity contribution < 1.29 is 24.2 Å². The van der Waals surface area contributed by atoms with Gasteiger partial charge in [-0.25, -0.2) is 0 Å². The van der Waals surface area contributed by atoms with Crippen LogP contribution in [0.2, 0.25) is 0 Å². The monoisotopic (exact) mass is 524 g/mol. The number of esters is 2. The zero-order chi connectivity index (χ0) is 27.2. The van der Waals surface area contributed by atoms with Crippen molar-refractivity contribution in [2.24, 2.45) is 0 Å². The average molecular weight is 525 g/mol. The first-order valence-electron chi connectivity index (χ1n) is 15.7. The van der Waals surface area contributed by atoms with Gasteiger partial charge in [0.05, 0.1) is 6.61 Å². The van der Waals surface area contributed by atoms with Crippen molar-refractivity contribution in [2.75, 3.05) is 13.2 Å². The van der Waals surface area contributed by atoms with Gasteiger partial charge in [-0.1, -0.05) is 122 Å². The number of carbonyl (C=O) groups excluding carboxylic acids is 2. The zero-order valence-electron chi connectivity index (χ0n) is 24.5. The molecule has 0 saturated carbocycles. The molecular weight excluding hydrogens is 464 g/mol. The Bertz CT molecular complexity index is 531. The van der Waals surface area contributed by atoms with E-state index in [4.69, 9.17) is 9.47 Å². The van der Waals surface area contributed by atoms with Crippen LogP contribution >= 0.6 is 0 Å². The molecule has 0 aromatic heterocycles. The molecule has 1 atom stereocenters. The summed E-state index contributed by atoms with van der Waals surface area (Å²) in [5.74, 6) is -0.602. The Balaban J connectivity index is 3.59. The second-order valence-corrected chi connectivity index (χ2v) is 10.5. The summed E-state index contributed by atoms with van der Waals surface area (Å²) in [5, 5.41) is 9.46. The van der Waals surface area contributed by atoms with Crippen LogP contribution in [0.1, 0.15) is 162 Å². The molecule has 0 radical (unpaired) electrons. The third-order valence-electron chi connectivity index (χ3n) is 6.81. The van der Waals surface area contributed by atoms with E-state index in [9.17, 15) is 14.7 Å². The van der Waals surface area contributed by atoms with Crippen LogP contribution in [0, 0.1) is 0 Å². The van der Waals surface area contributed by atoms with E-state index in [1.54, 1.807) is 0 Å². The second-order valence-electron chi connectivity index (χ2n) is 10.5. The van der Waals surface area contributed by atoms with Gasteiger partial charge < -0.3 is 14.6 Å². The minimum Gasteiger partial charge on any atom is -0.462 e. The molecule has 0 saturated heterocycles. The molecule has 0 aliphatic rings. The first-order valence-corrected chi connectivity index (χ1v) is 15.7. The van der Waals surface area contributed by atoms with Gasteiger partial charge in [0, 0.05) is 12.8 Å². The fourth-order valence-electron chi connectivity index (χ4n) is 4.37. The number of ether oxygens (including phenoxy) is 2. The molecule has 1 unspecified atom stereocenters. The van der Waals surface area contributed by atoms with E-state index in [1.165, 1.54) is 89.9 Å². The average Bonchev–Trinajstić information content (AvgIpc) is 2.90. The highest BCUT2D eigenvalue weighted by atomic mass is 16.6. The Morgan fingerprint density at radius 2 is 1.00 bits per heavy atom. The van der Waals surface area contributed by atoms with Crippen LogP contribution in [-0.4, -0.2) is 36.4 Å². The van der Waals surface area contributed by atoms with Gasteiger partial charge in [0.1, 0.15) is 6.61 Å². The van der Waals surface area contributed by atoms with Crippen molar-refractivity contribution in [2.45, 2.75) is 168 Å². The fourth-order valence-corrected chi connectivity index (χ4v) is 4.37. The Morgan fingerprint density at radius 3 is 1.46 bits per heavy atom. The van der Waals surface area contributed by atoms with Crippen molar-refractivity contribution in [3.63, 3.8) is 0 Å². The lowest BCUT2D eigenvalue weighted by Crippen LogP contribution is -2.28. The standard InChI is InChI=1S/C32H60O5/c1-3-5-7-9-11-13-14-15-16-17-19-21-23-25-27-32(35)37-30(28-33)29-36-31(34)26-24-22-20-18-12-10-8-6-4-2/h14-15,30,33H,3-13,16-29H2,1-2H3/b15-14-. The molecule has 0 rings (SSSR count). The number of carbonyl (C=O) groups is 2. The van der Waals surface area contributed by atoms with Gasteiger partial charge in [-0.15, -0.1) is 0 Å². The van der Waals surface area contributed by atoms with Gasteiger partial charge in [-0.2, -0.15) is 0 Å². The van der Waals surface area contributed by atoms with E-state index >= 15 is 0 Å². The number of aliphatic hydroxyl groups is 1. The topological polar surface area (TPSA) is 72.8 Å². The van der Waals surface area contributed by atoms with Crippen molar-refractivity contribution in [1.29, 1.82) is 0 Å². The number of hydrogen-bond acceptors (Lipinski definition) is 5. The SMILES string of the molecule is CCCCCCC/C=C\CCCCCCCC(=O)OC(CO)COC(=O)CCCCCCCCCCC. The second kappa shape index (κ2) is 29.2. The summed E-state index contributed by atoms with van der Waals surface area (Å²) in [6, 6.07) is 0. The molecule has 0 amide bonds. The lowest BCUT2D eigenvalue weighted by atomic mass is 10.1. The first-order chi connectivity index (χ1) is 18.1. The van der Waals surface area contributed by atoms with Gasteiger partial charge in [0.2, 0.25) is 0 Å². The summed E-state index contributed by atoms with van der Waals surface area (Å²) < 4.78 is 10.5. The Labute approximate surface area is 229 Å². The highest BCUT2D eigenvalue weighted by Crippen LogP contribution is 2.12. The van der Waals surface area contributed by atoms with E-state index < -0.39 is 6.10 Å². The minimum atomic E-state index is -0.766. The summed E-state index contributed by atoms with van der Waals surface area (Å²) in [4.78, 5) is 24.0. The van der Waals surface area contributed by atoms with Crippen LogP contribution in [0.3, 0.4) is 0 Å². The van der Waals surface area contributed by atoms with Crippen molar-refractivity contribution >= 4 is 11.9 Å². The van der Waals surface area contributed by atoms with Gasteiger partial charge in [0.15, 0.2) is 6.10 Å². The highest BCUT2D eigenvalue weighted by Gasteiger charge is 2.16. The number of hydrogen-bond donors (Lipinski definition) is 1. The molecule has 5 nitrogen and oxygen atoms in total. The molecule has 0 aliphatic carbocycles. The molecule has 0 heterocycles.